The van der Waals surface area contributed by atoms with Gasteiger partial charge in [0.1, 0.15) is 0 Å². The van der Waals surface area contributed by atoms with Crippen LogP contribution in [0.4, 0.5) is 0 Å². The molecule has 2 N–H and O–H groups in total. The molecule has 0 aromatic rings. The lowest BCUT2D eigenvalue weighted by molar-refractivity contribution is -0.117. The second kappa shape index (κ2) is 7.03. The Hall–Kier alpha value is -1.42. The highest BCUT2D eigenvalue weighted by molar-refractivity contribution is 5.93. The van der Waals surface area contributed by atoms with Crippen LogP contribution in [-0.4, -0.2) is 29.9 Å². The van der Waals surface area contributed by atoms with Crippen molar-refractivity contribution in [2.75, 3.05) is 13.2 Å². The smallest absolute Gasteiger partial charge is 0.246 e. The third-order valence-electron chi connectivity index (χ3n) is 1.43. The summed E-state index contributed by atoms with van der Waals surface area (Å²) in [6, 6.07) is 0. The number of rotatable bonds is 5. The second-order valence-electron chi connectivity index (χ2n) is 2.80. The molecule has 1 amide bonds. The summed E-state index contributed by atoms with van der Waals surface area (Å²) in [7, 11) is 0. The number of carbonyl (C=O) groups is 2. The van der Waals surface area contributed by atoms with Crippen LogP contribution >= 0.6 is 0 Å². The quantitative estimate of drug-likeness (QED) is 0.488. The van der Waals surface area contributed by atoms with Crippen LogP contribution in [0.25, 0.3) is 0 Å². The van der Waals surface area contributed by atoms with Gasteiger partial charge in [0.2, 0.25) is 5.91 Å². The number of aliphatic hydroxyl groups excluding tert-OH is 1. The molecule has 0 unspecified atom stereocenters. The standard InChI is InChI=1S/C10H15NO3/c1-8(4-3-5-9(2)13)10(14)11-6-7-12/h3-5,12H,6-7H2,1-2H3,(H,11,14)/b5-3+,8-4+. The molecule has 0 atom stereocenters. The van der Waals surface area contributed by atoms with Gasteiger partial charge in [0, 0.05) is 12.1 Å². The molecule has 0 bridgehead atoms. The zero-order valence-corrected chi connectivity index (χ0v) is 8.41. The van der Waals surface area contributed by atoms with Crippen LogP contribution < -0.4 is 5.32 Å². The first-order valence-corrected chi connectivity index (χ1v) is 4.32. The molecular formula is C10H15NO3. The lowest BCUT2D eigenvalue weighted by Crippen LogP contribution is -2.26. The Morgan fingerprint density at radius 3 is 2.50 bits per heavy atom. The van der Waals surface area contributed by atoms with Gasteiger partial charge in [-0.25, -0.2) is 0 Å². The molecule has 4 nitrogen and oxygen atoms in total. The number of ketones is 1. The van der Waals surface area contributed by atoms with Crippen molar-refractivity contribution < 1.29 is 14.7 Å². The first-order valence-electron chi connectivity index (χ1n) is 4.32. The van der Waals surface area contributed by atoms with Gasteiger partial charge in [-0.15, -0.1) is 0 Å². The SMILES string of the molecule is CC(=O)/C=C/C=C(\C)C(=O)NCCO. The van der Waals surface area contributed by atoms with Crippen LogP contribution in [0.2, 0.25) is 0 Å². The Labute approximate surface area is 83.3 Å². The number of hydrogen-bond donors (Lipinski definition) is 2. The van der Waals surface area contributed by atoms with E-state index in [0.29, 0.717) is 5.57 Å². The summed E-state index contributed by atoms with van der Waals surface area (Å²) in [5.41, 5.74) is 0.496. The van der Waals surface area contributed by atoms with E-state index in [0.717, 1.165) is 0 Å². The van der Waals surface area contributed by atoms with Crippen molar-refractivity contribution in [3.63, 3.8) is 0 Å². The van der Waals surface area contributed by atoms with E-state index in [4.69, 9.17) is 5.11 Å². The van der Waals surface area contributed by atoms with Crippen LogP contribution in [0, 0.1) is 0 Å². The fraction of sp³-hybridized carbons (Fsp3) is 0.400. The Bertz CT molecular complexity index is 267. The lowest BCUT2D eigenvalue weighted by Gasteiger charge is -2.01. The van der Waals surface area contributed by atoms with Crippen molar-refractivity contribution >= 4 is 11.7 Å². The van der Waals surface area contributed by atoms with Crippen LogP contribution in [-0.2, 0) is 9.59 Å². The molecule has 0 saturated heterocycles. The van der Waals surface area contributed by atoms with Crippen molar-refractivity contribution in [1.82, 2.24) is 5.32 Å². The Kier molecular flexibility index (Phi) is 6.32. The van der Waals surface area contributed by atoms with Gasteiger partial charge in [0.05, 0.1) is 6.61 Å². The Morgan fingerprint density at radius 1 is 1.36 bits per heavy atom. The van der Waals surface area contributed by atoms with Crippen LogP contribution in [0.15, 0.2) is 23.8 Å². The zero-order valence-electron chi connectivity index (χ0n) is 8.41. The molecule has 78 valence electrons. The molecule has 0 radical (unpaired) electrons. The molecule has 0 fully saturated rings. The van der Waals surface area contributed by atoms with E-state index < -0.39 is 0 Å². The van der Waals surface area contributed by atoms with E-state index in [2.05, 4.69) is 5.32 Å². The predicted octanol–water partition coefficient (Wildman–Crippen LogP) is 0.186. The summed E-state index contributed by atoms with van der Waals surface area (Å²) in [6.45, 7) is 3.23. The minimum absolute atomic E-state index is 0.0650. The van der Waals surface area contributed by atoms with E-state index >= 15 is 0 Å². The summed E-state index contributed by atoms with van der Waals surface area (Å²) in [5.74, 6) is -0.308. The molecule has 0 aromatic carbocycles. The van der Waals surface area contributed by atoms with Gasteiger partial charge < -0.3 is 10.4 Å². The molecule has 0 heterocycles. The molecule has 4 heteroatoms. The lowest BCUT2D eigenvalue weighted by atomic mass is 10.2. The average Bonchev–Trinajstić information content (AvgIpc) is 2.13. The summed E-state index contributed by atoms with van der Waals surface area (Å²) >= 11 is 0. The second-order valence-corrected chi connectivity index (χ2v) is 2.80. The topological polar surface area (TPSA) is 66.4 Å². The maximum atomic E-state index is 11.2. The van der Waals surface area contributed by atoms with Crippen molar-refractivity contribution in [3.8, 4) is 0 Å². The molecule has 0 aliphatic heterocycles. The largest absolute Gasteiger partial charge is 0.395 e. The van der Waals surface area contributed by atoms with Gasteiger partial charge in [0.25, 0.3) is 0 Å². The third-order valence-corrected chi connectivity index (χ3v) is 1.43. The van der Waals surface area contributed by atoms with Gasteiger partial charge in [-0.3, -0.25) is 9.59 Å². The molecule has 0 saturated carbocycles. The Morgan fingerprint density at radius 2 is 2.00 bits per heavy atom. The number of nitrogens with one attached hydrogen (secondary N) is 1. The number of allylic oxidation sites excluding steroid dienone is 3. The third kappa shape index (κ3) is 6.14. The van der Waals surface area contributed by atoms with E-state index in [1.165, 1.54) is 19.1 Å². The van der Waals surface area contributed by atoms with Gasteiger partial charge in [-0.2, -0.15) is 0 Å². The van der Waals surface area contributed by atoms with Gasteiger partial charge in [-0.05, 0) is 19.9 Å². The first kappa shape index (κ1) is 12.6. The van der Waals surface area contributed by atoms with Crippen molar-refractivity contribution in [2.45, 2.75) is 13.8 Å². The summed E-state index contributed by atoms with van der Waals surface area (Å²) in [5, 5.41) is 10.9. The highest BCUT2D eigenvalue weighted by Gasteiger charge is 2.00. The van der Waals surface area contributed by atoms with Crippen molar-refractivity contribution in [2.24, 2.45) is 0 Å². The minimum atomic E-state index is -0.243. The van der Waals surface area contributed by atoms with Crippen LogP contribution in [0.5, 0.6) is 0 Å². The van der Waals surface area contributed by atoms with Crippen LogP contribution in [0.3, 0.4) is 0 Å². The highest BCUT2D eigenvalue weighted by Crippen LogP contribution is 1.92. The summed E-state index contributed by atoms with van der Waals surface area (Å²) in [6.07, 6.45) is 4.45. The number of carbonyl (C=O) groups excluding carboxylic acids is 2. The number of amides is 1. The van der Waals surface area contributed by atoms with Crippen molar-refractivity contribution in [3.05, 3.63) is 23.8 Å². The molecular weight excluding hydrogens is 182 g/mol. The van der Waals surface area contributed by atoms with Gasteiger partial charge >= 0.3 is 0 Å². The minimum Gasteiger partial charge on any atom is -0.395 e. The summed E-state index contributed by atoms with van der Waals surface area (Å²) < 4.78 is 0. The van der Waals surface area contributed by atoms with E-state index in [1.807, 2.05) is 0 Å². The number of hydrogen-bond acceptors (Lipinski definition) is 3. The van der Waals surface area contributed by atoms with Gasteiger partial charge in [0.15, 0.2) is 5.78 Å². The normalized spacial score (nSPS) is 11.8. The van der Waals surface area contributed by atoms with E-state index in [9.17, 15) is 9.59 Å². The fourth-order valence-electron chi connectivity index (χ4n) is 0.712. The molecule has 0 aromatic heterocycles. The monoisotopic (exact) mass is 197 g/mol. The maximum Gasteiger partial charge on any atom is 0.246 e. The first-order chi connectivity index (χ1) is 6.57. The molecule has 14 heavy (non-hydrogen) atoms. The average molecular weight is 197 g/mol. The molecule has 0 spiro atoms. The number of aliphatic hydroxyl groups is 1. The fourth-order valence-corrected chi connectivity index (χ4v) is 0.712. The van der Waals surface area contributed by atoms with E-state index in [-0.39, 0.29) is 24.8 Å². The molecule has 0 aliphatic carbocycles. The Balaban J connectivity index is 4.10. The molecule has 0 aliphatic rings. The zero-order chi connectivity index (χ0) is 11.0. The maximum absolute atomic E-state index is 11.2. The van der Waals surface area contributed by atoms with Crippen LogP contribution in [0.1, 0.15) is 13.8 Å². The molecule has 0 rings (SSSR count). The highest BCUT2D eigenvalue weighted by atomic mass is 16.3. The van der Waals surface area contributed by atoms with Crippen molar-refractivity contribution in [1.29, 1.82) is 0 Å². The van der Waals surface area contributed by atoms with Gasteiger partial charge in [-0.1, -0.05) is 12.2 Å². The predicted molar refractivity (Wildman–Crippen MR) is 53.7 cm³/mol. The summed E-state index contributed by atoms with van der Waals surface area (Å²) in [4.78, 5) is 21.7. The van der Waals surface area contributed by atoms with E-state index in [1.54, 1.807) is 13.0 Å².